The molecule has 2 aromatic rings. The number of rotatable bonds is 2. The van der Waals surface area contributed by atoms with Crippen LogP contribution in [0, 0.1) is 13.8 Å². The molecule has 1 nitrogen and oxygen atoms in total. The van der Waals surface area contributed by atoms with E-state index in [-0.39, 0.29) is 6.04 Å². The average molecular weight is 296 g/mol. The molecule has 0 fully saturated rings. The largest absolute Gasteiger partial charge is 0.320 e. The molecule has 0 amide bonds. The van der Waals surface area contributed by atoms with Crippen LogP contribution in [0.2, 0.25) is 0 Å². The second-order valence-corrected chi connectivity index (χ2v) is 6.05. The van der Waals surface area contributed by atoms with Crippen LogP contribution in [0.5, 0.6) is 0 Å². The quantitative estimate of drug-likeness (QED) is 0.884. The number of benzene rings is 1. The van der Waals surface area contributed by atoms with Crippen molar-refractivity contribution in [1.82, 2.24) is 0 Å². The van der Waals surface area contributed by atoms with E-state index in [9.17, 15) is 0 Å². The zero-order valence-corrected chi connectivity index (χ0v) is 11.7. The SMILES string of the molecule is Cc1cc(Br)c(C(N)c2ccccc2C)s1. The van der Waals surface area contributed by atoms with Crippen molar-refractivity contribution < 1.29 is 0 Å². The maximum Gasteiger partial charge on any atom is 0.0660 e. The molecule has 1 aromatic heterocycles. The van der Waals surface area contributed by atoms with Gasteiger partial charge in [-0.05, 0) is 47.0 Å². The van der Waals surface area contributed by atoms with Gasteiger partial charge in [-0.1, -0.05) is 24.3 Å². The first-order valence-electron chi connectivity index (χ1n) is 5.16. The first-order valence-corrected chi connectivity index (χ1v) is 6.77. The number of thiophene rings is 1. The van der Waals surface area contributed by atoms with E-state index in [2.05, 4.69) is 48.0 Å². The van der Waals surface area contributed by atoms with Crippen LogP contribution in [0.4, 0.5) is 0 Å². The summed E-state index contributed by atoms with van der Waals surface area (Å²) < 4.78 is 1.12. The topological polar surface area (TPSA) is 26.0 Å². The minimum Gasteiger partial charge on any atom is -0.320 e. The summed E-state index contributed by atoms with van der Waals surface area (Å²) in [5, 5.41) is 0. The predicted molar refractivity (Wildman–Crippen MR) is 74.0 cm³/mol. The summed E-state index contributed by atoms with van der Waals surface area (Å²) in [5.41, 5.74) is 8.75. The smallest absolute Gasteiger partial charge is 0.0660 e. The van der Waals surface area contributed by atoms with Gasteiger partial charge in [-0.3, -0.25) is 0 Å². The normalized spacial score (nSPS) is 12.8. The predicted octanol–water partition coefficient (Wildman–Crippen LogP) is 4.18. The van der Waals surface area contributed by atoms with Gasteiger partial charge in [0.15, 0.2) is 0 Å². The molecule has 0 saturated carbocycles. The molecule has 0 spiro atoms. The van der Waals surface area contributed by atoms with Gasteiger partial charge in [-0.25, -0.2) is 0 Å². The van der Waals surface area contributed by atoms with E-state index in [0.717, 1.165) is 4.47 Å². The van der Waals surface area contributed by atoms with Gasteiger partial charge in [0.05, 0.1) is 6.04 Å². The van der Waals surface area contributed by atoms with Crippen LogP contribution in [-0.4, -0.2) is 0 Å². The van der Waals surface area contributed by atoms with Crippen LogP contribution in [0.25, 0.3) is 0 Å². The molecule has 16 heavy (non-hydrogen) atoms. The summed E-state index contributed by atoms with van der Waals surface area (Å²) in [6.45, 7) is 4.20. The number of hydrogen-bond donors (Lipinski definition) is 1. The lowest BCUT2D eigenvalue weighted by Gasteiger charge is -2.13. The van der Waals surface area contributed by atoms with E-state index < -0.39 is 0 Å². The van der Waals surface area contributed by atoms with Crippen LogP contribution in [0.1, 0.15) is 26.9 Å². The Morgan fingerprint density at radius 1 is 1.25 bits per heavy atom. The number of hydrogen-bond acceptors (Lipinski definition) is 2. The molecule has 0 radical (unpaired) electrons. The van der Waals surface area contributed by atoms with Crippen molar-refractivity contribution >= 4 is 27.3 Å². The first kappa shape index (κ1) is 11.8. The third-order valence-corrected chi connectivity index (χ3v) is 4.69. The van der Waals surface area contributed by atoms with Gasteiger partial charge in [0, 0.05) is 14.2 Å². The molecule has 0 aliphatic carbocycles. The van der Waals surface area contributed by atoms with Crippen molar-refractivity contribution in [3.63, 3.8) is 0 Å². The highest BCUT2D eigenvalue weighted by Crippen LogP contribution is 2.34. The van der Waals surface area contributed by atoms with Crippen LogP contribution in [-0.2, 0) is 0 Å². The summed E-state index contributed by atoms with van der Waals surface area (Å²) in [5.74, 6) is 0. The minimum absolute atomic E-state index is 0.0331. The van der Waals surface area contributed by atoms with Crippen molar-refractivity contribution in [2.45, 2.75) is 19.9 Å². The van der Waals surface area contributed by atoms with E-state index in [0.29, 0.717) is 0 Å². The van der Waals surface area contributed by atoms with Crippen molar-refractivity contribution in [3.8, 4) is 0 Å². The number of halogens is 1. The van der Waals surface area contributed by atoms with Crippen LogP contribution >= 0.6 is 27.3 Å². The Morgan fingerprint density at radius 3 is 2.50 bits per heavy atom. The Labute approximate surface area is 108 Å². The Kier molecular flexibility index (Phi) is 3.47. The minimum atomic E-state index is -0.0331. The lowest BCUT2D eigenvalue weighted by atomic mass is 10.0. The molecule has 0 bridgehead atoms. The number of nitrogens with two attached hydrogens (primary N) is 1. The van der Waals surface area contributed by atoms with Crippen LogP contribution in [0.3, 0.4) is 0 Å². The molecule has 0 aliphatic rings. The standard InChI is InChI=1S/C13H14BrNS/c1-8-5-3-4-6-10(8)12(15)13-11(14)7-9(2)16-13/h3-7,12H,15H2,1-2H3. The summed E-state index contributed by atoms with van der Waals surface area (Å²) in [4.78, 5) is 2.48. The zero-order chi connectivity index (χ0) is 11.7. The number of aryl methyl sites for hydroxylation is 2. The molecule has 3 heteroatoms. The molecule has 0 aliphatic heterocycles. The van der Waals surface area contributed by atoms with Gasteiger partial charge in [0.1, 0.15) is 0 Å². The van der Waals surface area contributed by atoms with Crippen LogP contribution < -0.4 is 5.73 Å². The highest BCUT2D eigenvalue weighted by atomic mass is 79.9. The molecule has 0 saturated heterocycles. The van der Waals surface area contributed by atoms with Gasteiger partial charge in [0.2, 0.25) is 0 Å². The molecule has 2 rings (SSSR count). The monoisotopic (exact) mass is 295 g/mol. The van der Waals surface area contributed by atoms with E-state index in [1.165, 1.54) is 20.9 Å². The van der Waals surface area contributed by atoms with E-state index in [1.54, 1.807) is 11.3 Å². The fourth-order valence-electron chi connectivity index (χ4n) is 1.79. The maximum absolute atomic E-state index is 6.31. The molecule has 1 atom stereocenters. The van der Waals surface area contributed by atoms with Gasteiger partial charge >= 0.3 is 0 Å². The van der Waals surface area contributed by atoms with Crippen molar-refractivity contribution in [2.75, 3.05) is 0 Å². The molecule has 2 N–H and O–H groups in total. The zero-order valence-electron chi connectivity index (χ0n) is 9.33. The third kappa shape index (κ3) is 2.21. The van der Waals surface area contributed by atoms with Crippen molar-refractivity contribution in [1.29, 1.82) is 0 Å². The van der Waals surface area contributed by atoms with Gasteiger partial charge < -0.3 is 5.73 Å². The van der Waals surface area contributed by atoms with Crippen LogP contribution in [0.15, 0.2) is 34.8 Å². The maximum atomic E-state index is 6.31. The lowest BCUT2D eigenvalue weighted by Crippen LogP contribution is -2.12. The Morgan fingerprint density at radius 2 is 1.94 bits per heavy atom. The summed E-state index contributed by atoms with van der Waals surface area (Å²) >= 11 is 5.32. The van der Waals surface area contributed by atoms with Gasteiger partial charge in [-0.15, -0.1) is 11.3 Å². The highest BCUT2D eigenvalue weighted by molar-refractivity contribution is 9.10. The van der Waals surface area contributed by atoms with Gasteiger partial charge in [0.25, 0.3) is 0 Å². The third-order valence-electron chi connectivity index (χ3n) is 2.64. The molecule has 1 unspecified atom stereocenters. The second kappa shape index (κ2) is 4.70. The molecule has 1 aromatic carbocycles. The van der Waals surface area contributed by atoms with Gasteiger partial charge in [-0.2, -0.15) is 0 Å². The van der Waals surface area contributed by atoms with Crippen molar-refractivity contribution in [2.24, 2.45) is 5.73 Å². The molecule has 1 heterocycles. The second-order valence-electron chi connectivity index (χ2n) is 3.90. The fourth-order valence-corrected chi connectivity index (χ4v) is 3.71. The molecule has 84 valence electrons. The first-order chi connectivity index (χ1) is 7.59. The molecular formula is C13H14BrNS. The van der Waals surface area contributed by atoms with E-state index >= 15 is 0 Å². The Bertz CT molecular complexity index is 504. The van der Waals surface area contributed by atoms with E-state index in [4.69, 9.17) is 5.73 Å². The summed E-state index contributed by atoms with van der Waals surface area (Å²) in [7, 11) is 0. The average Bonchev–Trinajstić information content (AvgIpc) is 2.58. The van der Waals surface area contributed by atoms with Crippen molar-refractivity contribution in [3.05, 3.63) is 55.7 Å². The highest BCUT2D eigenvalue weighted by Gasteiger charge is 2.16. The Hall–Kier alpha value is -0.640. The fraction of sp³-hybridized carbons (Fsp3) is 0.231. The Balaban J connectivity index is 2.43. The van der Waals surface area contributed by atoms with E-state index in [1.807, 2.05) is 12.1 Å². The molecular weight excluding hydrogens is 282 g/mol. The lowest BCUT2D eigenvalue weighted by molar-refractivity contribution is 0.878. The summed E-state index contributed by atoms with van der Waals surface area (Å²) in [6, 6.07) is 10.4. The summed E-state index contributed by atoms with van der Waals surface area (Å²) in [6.07, 6.45) is 0.